The number of pyridine rings is 1. The number of anilines is 1. The summed E-state index contributed by atoms with van der Waals surface area (Å²) in [6.45, 7) is 0. The molecule has 0 saturated carbocycles. The number of halogens is 1. The fourth-order valence-electron chi connectivity index (χ4n) is 1.27. The third-order valence-corrected chi connectivity index (χ3v) is 2.29. The molecule has 0 aliphatic carbocycles. The van der Waals surface area contributed by atoms with Crippen LogP contribution in [0.4, 0.5) is 11.4 Å². The standard InChI is InChI=1S/C9H6ClN3O2/c10-9-7(11)4-5-3-6(13(14)15)1-2-8(5)12-9/h1-4H,11H2. The molecule has 0 aliphatic heterocycles. The Kier molecular flexibility index (Phi) is 2.17. The lowest BCUT2D eigenvalue weighted by Crippen LogP contribution is -1.92. The molecule has 2 rings (SSSR count). The van der Waals surface area contributed by atoms with Gasteiger partial charge in [0.2, 0.25) is 0 Å². The van der Waals surface area contributed by atoms with Crippen LogP contribution in [0.3, 0.4) is 0 Å². The van der Waals surface area contributed by atoms with E-state index in [0.29, 0.717) is 16.6 Å². The van der Waals surface area contributed by atoms with E-state index in [4.69, 9.17) is 17.3 Å². The molecule has 6 heteroatoms. The van der Waals surface area contributed by atoms with Crippen LogP contribution in [0.15, 0.2) is 24.3 Å². The van der Waals surface area contributed by atoms with Crippen LogP contribution >= 0.6 is 11.6 Å². The number of rotatable bonds is 1. The lowest BCUT2D eigenvalue weighted by Gasteiger charge is -2.00. The van der Waals surface area contributed by atoms with E-state index in [0.717, 1.165) is 0 Å². The van der Waals surface area contributed by atoms with Gasteiger partial charge in [0.05, 0.1) is 16.1 Å². The topological polar surface area (TPSA) is 82.0 Å². The van der Waals surface area contributed by atoms with Gasteiger partial charge < -0.3 is 5.73 Å². The molecule has 0 atom stereocenters. The second-order valence-corrected chi connectivity index (χ2v) is 3.36. The molecular weight excluding hydrogens is 218 g/mol. The predicted octanol–water partition coefficient (Wildman–Crippen LogP) is 2.38. The van der Waals surface area contributed by atoms with Crippen LogP contribution in [0.25, 0.3) is 10.9 Å². The monoisotopic (exact) mass is 223 g/mol. The number of nitrogens with zero attached hydrogens (tertiary/aromatic N) is 2. The van der Waals surface area contributed by atoms with E-state index in [1.165, 1.54) is 12.1 Å². The molecule has 2 N–H and O–H groups in total. The first kappa shape index (κ1) is 9.67. The molecule has 5 nitrogen and oxygen atoms in total. The molecule has 0 bridgehead atoms. The Bertz CT molecular complexity index is 556. The number of fused-ring (bicyclic) bond motifs is 1. The average molecular weight is 224 g/mol. The molecule has 1 aromatic carbocycles. The van der Waals surface area contributed by atoms with Gasteiger partial charge in [0.1, 0.15) is 0 Å². The molecule has 0 aliphatic rings. The van der Waals surface area contributed by atoms with E-state index < -0.39 is 4.92 Å². The highest BCUT2D eigenvalue weighted by Gasteiger charge is 2.08. The summed E-state index contributed by atoms with van der Waals surface area (Å²) in [6, 6.07) is 5.90. The van der Waals surface area contributed by atoms with E-state index in [1.807, 2.05) is 0 Å². The van der Waals surface area contributed by atoms with Gasteiger partial charge in [0.25, 0.3) is 5.69 Å². The number of hydrogen-bond acceptors (Lipinski definition) is 4. The quantitative estimate of drug-likeness (QED) is 0.457. The molecule has 1 heterocycles. The van der Waals surface area contributed by atoms with Crippen LogP contribution in [0.1, 0.15) is 0 Å². The summed E-state index contributed by atoms with van der Waals surface area (Å²) in [6.07, 6.45) is 0. The number of nitro groups is 1. The minimum Gasteiger partial charge on any atom is -0.396 e. The SMILES string of the molecule is Nc1cc2cc([N+](=O)[O-])ccc2nc1Cl. The zero-order chi connectivity index (χ0) is 11.0. The Labute approximate surface area is 89.6 Å². The van der Waals surface area contributed by atoms with Gasteiger partial charge in [0.15, 0.2) is 5.15 Å². The van der Waals surface area contributed by atoms with Crippen LogP contribution in [-0.4, -0.2) is 9.91 Å². The Balaban J connectivity index is 2.72. The van der Waals surface area contributed by atoms with Crippen molar-refractivity contribution in [3.8, 4) is 0 Å². The summed E-state index contributed by atoms with van der Waals surface area (Å²) in [7, 11) is 0. The second-order valence-electron chi connectivity index (χ2n) is 3.00. The molecule has 15 heavy (non-hydrogen) atoms. The second kappa shape index (κ2) is 3.36. The Morgan fingerprint density at radius 2 is 2.13 bits per heavy atom. The number of hydrogen-bond donors (Lipinski definition) is 1. The zero-order valence-corrected chi connectivity index (χ0v) is 8.23. The maximum atomic E-state index is 10.5. The van der Waals surface area contributed by atoms with Crippen molar-refractivity contribution in [3.05, 3.63) is 39.5 Å². The van der Waals surface area contributed by atoms with Gasteiger partial charge in [-0.25, -0.2) is 4.98 Å². The highest BCUT2D eigenvalue weighted by molar-refractivity contribution is 6.32. The highest BCUT2D eigenvalue weighted by Crippen LogP contribution is 2.25. The van der Waals surface area contributed by atoms with Crippen molar-refractivity contribution >= 4 is 33.9 Å². The average Bonchev–Trinajstić information content (AvgIpc) is 2.19. The van der Waals surface area contributed by atoms with Gasteiger partial charge in [-0.3, -0.25) is 10.1 Å². The molecule has 1 aromatic heterocycles. The zero-order valence-electron chi connectivity index (χ0n) is 7.48. The molecule has 0 fully saturated rings. The first-order valence-electron chi connectivity index (χ1n) is 4.08. The molecule has 76 valence electrons. The van der Waals surface area contributed by atoms with Crippen LogP contribution in [0.2, 0.25) is 5.15 Å². The normalized spacial score (nSPS) is 10.5. The third kappa shape index (κ3) is 1.69. The summed E-state index contributed by atoms with van der Waals surface area (Å²) in [5.41, 5.74) is 6.45. The Morgan fingerprint density at radius 3 is 2.80 bits per heavy atom. The number of nitrogens with two attached hydrogens (primary N) is 1. The fourth-order valence-corrected chi connectivity index (χ4v) is 1.42. The molecule has 0 unspecified atom stereocenters. The fraction of sp³-hybridized carbons (Fsp3) is 0. The predicted molar refractivity (Wildman–Crippen MR) is 57.8 cm³/mol. The largest absolute Gasteiger partial charge is 0.396 e. The number of benzene rings is 1. The molecule has 0 saturated heterocycles. The summed E-state index contributed by atoms with van der Waals surface area (Å²) < 4.78 is 0. The van der Waals surface area contributed by atoms with E-state index in [-0.39, 0.29) is 10.8 Å². The molecule has 0 radical (unpaired) electrons. The summed E-state index contributed by atoms with van der Waals surface area (Å²) >= 11 is 5.72. The first-order valence-corrected chi connectivity index (χ1v) is 4.46. The lowest BCUT2D eigenvalue weighted by atomic mass is 10.2. The Hall–Kier alpha value is -1.88. The third-order valence-electron chi connectivity index (χ3n) is 1.99. The Morgan fingerprint density at radius 1 is 1.40 bits per heavy atom. The van der Waals surface area contributed by atoms with Gasteiger partial charge in [0, 0.05) is 17.5 Å². The summed E-state index contributed by atoms with van der Waals surface area (Å²) in [5, 5.41) is 11.3. The van der Waals surface area contributed by atoms with Crippen LogP contribution < -0.4 is 5.73 Å². The minimum absolute atomic E-state index is 0.00558. The van der Waals surface area contributed by atoms with E-state index in [9.17, 15) is 10.1 Å². The van der Waals surface area contributed by atoms with Gasteiger partial charge >= 0.3 is 0 Å². The maximum Gasteiger partial charge on any atom is 0.270 e. The summed E-state index contributed by atoms with van der Waals surface area (Å²) in [4.78, 5) is 14.0. The minimum atomic E-state index is -0.468. The first-order chi connectivity index (χ1) is 7.08. The number of aromatic nitrogens is 1. The van der Waals surface area contributed by atoms with Gasteiger partial charge in [-0.15, -0.1) is 0 Å². The van der Waals surface area contributed by atoms with Crippen molar-refractivity contribution in [2.24, 2.45) is 0 Å². The smallest absolute Gasteiger partial charge is 0.270 e. The van der Waals surface area contributed by atoms with Crippen LogP contribution in [0, 0.1) is 10.1 Å². The molecule has 0 spiro atoms. The van der Waals surface area contributed by atoms with Crippen LogP contribution in [0.5, 0.6) is 0 Å². The van der Waals surface area contributed by atoms with Crippen molar-refractivity contribution in [3.63, 3.8) is 0 Å². The molecule has 2 aromatic rings. The van der Waals surface area contributed by atoms with Crippen molar-refractivity contribution in [1.29, 1.82) is 0 Å². The van der Waals surface area contributed by atoms with E-state index in [2.05, 4.69) is 4.98 Å². The van der Waals surface area contributed by atoms with Gasteiger partial charge in [-0.1, -0.05) is 11.6 Å². The number of nitro benzene ring substituents is 1. The van der Waals surface area contributed by atoms with Gasteiger partial charge in [-0.05, 0) is 12.1 Å². The maximum absolute atomic E-state index is 10.5. The number of non-ortho nitro benzene ring substituents is 1. The summed E-state index contributed by atoms with van der Waals surface area (Å²) in [5.74, 6) is 0. The van der Waals surface area contributed by atoms with Gasteiger partial charge in [-0.2, -0.15) is 0 Å². The molecule has 0 amide bonds. The lowest BCUT2D eigenvalue weighted by molar-refractivity contribution is -0.384. The van der Waals surface area contributed by atoms with Crippen molar-refractivity contribution in [2.45, 2.75) is 0 Å². The van der Waals surface area contributed by atoms with E-state index >= 15 is 0 Å². The van der Waals surface area contributed by atoms with E-state index in [1.54, 1.807) is 12.1 Å². The van der Waals surface area contributed by atoms with Crippen molar-refractivity contribution < 1.29 is 4.92 Å². The van der Waals surface area contributed by atoms with Crippen LogP contribution in [-0.2, 0) is 0 Å². The van der Waals surface area contributed by atoms with Crippen molar-refractivity contribution in [2.75, 3.05) is 5.73 Å². The molecular formula is C9H6ClN3O2. The van der Waals surface area contributed by atoms with Crippen molar-refractivity contribution in [1.82, 2.24) is 4.98 Å². The number of nitrogen functional groups attached to an aromatic ring is 1. The highest BCUT2D eigenvalue weighted by atomic mass is 35.5.